The van der Waals surface area contributed by atoms with Gasteiger partial charge in [-0.1, -0.05) is 36.4 Å². The van der Waals surface area contributed by atoms with Gasteiger partial charge in [0, 0.05) is 55.5 Å². The number of carbonyl (C=O) groups is 1. The van der Waals surface area contributed by atoms with Crippen molar-refractivity contribution in [2.75, 3.05) is 24.5 Å². The second-order valence-corrected chi connectivity index (χ2v) is 9.06. The van der Waals surface area contributed by atoms with Crippen LogP contribution in [0.3, 0.4) is 0 Å². The average Bonchev–Trinajstić information content (AvgIpc) is 2.85. The molecule has 0 aliphatic carbocycles. The molecule has 2 atom stereocenters. The molecule has 1 saturated heterocycles. The first-order valence-corrected chi connectivity index (χ1v) is 11.5. The maximum absolute atomic E-state index is 12.6. The Morgan fingerprint density at radius 1 is 1.03 bits per heavy atom. The van der Waals surface area contributed by atoms with Crippen LogP contribution in [0.25, 0.3) is 0 Å². The van der Waals surface area contributed by atoms with Crippen LogP contribution < -0.4 is 15.8 Å². The first kappa shape index (κ1) is 21.9. The van der Waals surface area contributed by atoms with Crippen LogP contribution in [-0.2, 0) is 13.0 Å². The van der Waals surface area contributed by atoms with Crippen LogP contribution >= 0.6 is 0 Å². The van der Waals surface area contributed by atoms with E-state index >= 15 is 0 Å². The normalized spacial score (nSPS) is 18.8. The molecule has 8 heteroatoms. The van der Waals surface area contributed by atoms with E-state index in [0.717, 1.165) is 17.7 Å². The summed E-state index contributed by atoms with van der Waals surface area (Å²) in [6, 6.07) is 19.9. The minimum Gasteiger partial charge on any atom is -0.365 e. The van der Waals surface area contributed by atoms with E-state index in [4.69, 9.17) is 0 Å². The second-order valence-electron chi connectivity index (χ2n) is 9.06. The predicted octanol–water partition coefficient (Wildman–Crippen LogP) is 3.35. The first-order chi connectivity index (χ1) is 16.5. The monoisotopic (exact) mass is 458 g/mol. The van der Waals surface area contributed by atoms with Crippen LogP contribution in [0.1, 0.15) is 34.0 Å². The largest absolute Gasteiger partial charge is 0.365 e. The highest BCUT2D eigenvalue weighted by molar-refractivity contribution is 5.95. The highest BCUT2D eigenvalue weighted by Gasteiger charge is 2.36. The Balaban J connectivity index is 1.33. The van der Waals surface area contributed by atoms with Gasteiger partial charge >= 0.3 is 0 Å². The molecule has 5 rings (SSSR count). The van der Waals surface area contributed by atoms with Gasteiger partial charge in [-0.15, -0.1) is 0 Å². The number of pyridine rings is 1. The van der Waals surface area contributed by atoms with E-state index in [1.54, 1.807) is 24.3 Å². The van der Waals surface area contributed by atoms with Crippen LogP contribution in [-0.4, -0.2) is 35.0 Å². The zero-order valence-corrected chi connectivity index (χ0v) is 18.7. The zero-order chi connectivity index (χ0) is 23.7. The van der Waals surface area contributed by atoms with Gasteiger partial charge in [0.2, 0.25) is 0 Å². The molecule has 2 bridgehead atoms. The van der Waals surface area contributed by atoms with E-state index < -0.39 is 4.92 Å². The van der Waals surface area contributed by atoms with Gasteiger partial charge in [0.1, 0.15) is 5.69 Å². The van der Waals surface area contributed by atoms with Crippen molar-refractivity contribution in [3.8, 4) is 0 Å². The molecule has 0 radical (unpaired) electrons. The molecule has 2 aliphatic rings. The molecular formula is C26H26N4O4. The molecule has 0 spiro atoms. The Hall–Kier alpha value is -3.94. The standard InChI is InChI=1S/C26H26N4O4/c31-25-8-4-7-22-21-13-19(16-29(22)25)15-28(17-21)23-10-9-20(14-24(23)30(33)34)26(32)27-12-11-18-5-2-1-3-6-18/h1-10,14,19,21H,11-13,15-17H2,(H,27,32)/t19-,21+/m1/s1. The lowest BCUT2D eigenvalue weighted by Crippen LogP contribution is -2.47. The summed E-state index contributed by atoms with van der Waals surface area (Å²) in [5, 5.41) is 14.8. The number of fused-ring (bicyclic) bond motifs is 4. The van der Waals surface area contributed by atoms with Crippen LogP contribution in [0.2, 0.25) is 0 Å². The Morgan fingerprint density at radius 3 is 2.65 bits per heavy atom. The topological polar surface area (TPSA) is 97.5 Å². The first-order valence-electron chi connectivity index (χ1n) is 11.5. The van der Waals surface area contributed by atoms with Gasteiger partial charge in [-0.05, 0) is 42.5 Å². The molecule has 3 aromatic rings. The molecule has 34 heavy (non-hydrogen) atoms. The van der Waals surface area contributed by atoms with Gasteiger partial charge < -0.3 is 14.8 Å². The summed E-state index contributed by atoms with van der Waals surface area (Å²) in [6.45, 7) is 2.31. The summed E-state index contributed by atoms with van der Waals surface area (Å²) in [7, 11) is 0. The second kappa shape index (κ2) is 9.13. The number of hydrogen-bond donors (Lipinski definition) is 1. The summed E-state index contributed by atoms with van der Waals surface area (Å²) < 4.78 is 1.84. The lowest BCUT2D eigenvalue weighted by Gasteiger charge is -2.43. The third-order valence-corrected chi connectivity index (χ3v) is 6.80. The quantitative estimate of drug-likeness (QED) is 0.451. The number of anilines is 1. The van der Waals surface area contributed by atoms with E-state index in [1.807, 2.05) is 45.9 Å². The fourth-order valence-corrected chi connectivity index (χ4v) is 5.24. The molecule has 174 valence electrons. The Morgan fingerprint density at radius 2 is 1.85 bits per heavy atom. The molecule has 1 amide bonds. The van der Waals surface area contributed by atoms with Crippen molar-refractivity contribution in [1.82, 2.24) is 9.88 Å². The minimum absolute atomic E-state index is 0.00857. The van der Waals surface area contributed by atoms with Gasteiger partial charge in [0.15, 0.2) is 0 Å². The summed E-state index contributed by atoms with van der Waals surface area (Å²) >= 11 is 0. The molecule has 2 aromatic carbocycles. The molecule has 1 aromatic heterocycles. The van der Waals surface area contributed by atoms with Gasteiger partial charge in [0.25, 0.3) is 17.2 Å². The highest BCUT2D eigenvalue weighted by Crippen LogP contribution is 2.39. The van der Waals surface area contributed by atoms with Crippen molar-refractivity contribution >= 4 is 17.3 Å². The van der Waals surface area contributed by atoms with Crippen LogP contribution in [0, 0.1) is 16.0 Å². The maximum atomic E-state index is 12.6. The highest BCUT2D eigenvalue weighted by atomic mass is 16.6. The molecule has 8 nitrogen and oxygen atoms in total. The minimum atomic E-state index is -0.418. The number of rotatable bonds is 6. The Bertz CT molecular complexity index is 1290. The van der Waals surface area contributed by atoms with E-state index in [1.165, 1.54) is 6.07 Å². The number of hydrogen-bond acceptors (Lipinski definition) is 5. The van der Waals surface area contributed by atoms with Gasteiger partial charge in [-0.2, -0.15) is 0 Å². The van der Waals surface area contributed by atoms with Crippen molar-refractivity contribution in [2.24, 2.45) is 5.92 Å². The molecule has 0 unspecified atom stereocenters. The third kappa shape index (κ3) is 4.31. The van der Waals surface area contributed by atoms with Gasteiger partial charge in [-0.3, -0.25) is 19.7 Å². The van der Waals surface area contributed by atoms with Gasteiger partial charge in [0.05, 0.1) is 4.92 Å². The smallest absolute Gasteiger partial charge is 0.293 e. The lowest BCUT2D eigenvalue weighted by atomic mass is 9.83. The van der Waals surface area contributed by atoms with E-state index in [-0.39, 0.29) is 34.6 Å². The van der Waals surface area contributed by atoms with Crippen molar-refractivity contribution in [2.45, 2.75) is 25.3 Å². The fraction of sp³-hybridized carbons (Fsp3) is 0.308. The average molecular weight is 459 g/mol. The lowest BCUT2D eigenvalue weighted by molar-refractivity contribution is -0.384. The number of nitrogens with zero attached hydrogens (tertiary/aromatic N) is 3. The number of piperidine rings is 1. The van der Waals surface area contributed by atoms with Crippen molar-refractivity contribution in [1.29, 1.82) is 0 Å². The molecule has 1 N–H and O–H groups in total. The zero-order valence-electron chi connectivity index (χ0n) is 18.7. The van der Waals surface area contributed by atoms with Crippen LogP contribution in [0.15, 0.2) is 71.5 Å². The van der Waals surface area contributed by atoms with Gasteiger partial charge in [-0.25, -0.2) is 0 Å². The summed E-state index contributed by atoms with van der Waals surface area (Å²) in [5.41, 5.74) is 2.84. The van der Waals surface area contributed by atoms with Crippen molar-refractivity contribution in [3.05, 3.63) is 104 Å². The van der Waals surface area contributed by atoms with Crippen LogP contribution in [0.5, 0.6) is 0 Å². The number of nitro groups is 1. The van der Waals surface area contributed by atoms with E-state index in [0.29, 0.717) is 38.3 Å². The maximum Gasteiger partial charge on any atom is 0.293 e. The SMILES string of the molecule is O=C(NCCc1ccccc1)c1ccc(N2C[C@H]3C[C@@H](C2)c2cccc(=O)n2C3)c([N+](=O)[O-])c1. The van der Waals surface area contributed by atoms with E-state index in [9.17, 15) is 19.7 Å². The third-order valence-electron chi connectivity index (χ3n) is 6.80. The van der Waals surface area contributed by atoms with Crippen molar-refractivity contribution in [3.63, 3.8) is 0 Å². The summed E-state index contributed by atoms with van der Waals surface area (Å²) in [5.74, 6) is 0.0586. The number of benzene rings is 2. The Kier molecular flexibility index (Phi) is 5.88. The summed E-state index contributed by atoms with van der Waals surface area (Å²) in [6.07, 6.45) is 1.66. The van der Waals surface area contributed by atoms with Crippen LogP contribution in [0.4, 0.5) is 11.4 Å². The van der Waals surface area contributed by atoms with E-state index in [2.05, 4.69) is 5.32 Å². The van der Waals surface area contributed by atoms with Crippen molar-refractivity contribution < 1.29 is 9.72 Å². The number of amides is 1. The summed E-state index contributed by atoms with van der Waals surface area (Å²) in [4.78, 5) is 38.5. The molecule has 2 aliphatic heterocycles. The molecule has 0 saturated carbocycles. The molecule has 3 heterocycles. The Labute approximate surface area is 197 Å². The number of nitro benzene ring substituents is 1. The number of carbonyl (C=O) groups excluding carboxylic acids is 1. The fourth-order valence-electron chi connectivity index (χ4n) is 5.24. The molecule has 1 fully saturated rings. The number of aromatic nitrogens is 1. The number of nitrogens with one attached hydrogen (secondary N) is 1. The molecular weight excluding hydrogens is 432 g/mol. The predicted molar refractivity (Wildman–Crippen MR) is 129 cm³/mol.